The minimum Gasteiger partial charge on any atom is -0.496 e. The molecule has 5 nitrogen and oxygen atoms in total. The van der Waals surface area contributed by atoms with Crippen LogP contribution in [0.3, 0.4) is 0 Å². The lowest BCUT2D eigenvalue weighted by atomic mass is 9.98. The first-order valence-electron chi connectivity index (χ1n) is 6.59. The van der Waals surface area contributed by atoms with E-state index in [0.717, 1.165) is 48.9 Å². The van der Waals surface area contributed by atoms with Crippen LogP contribution in [0.1, 0.15) is 12.2 Å². The van der Waals surface area contributed by atoms with Crippen LogP contribution in [0.15, 0.2) is 24.3 Å². The van der Waals surface area contributed by atoms with Crippen LogP contribution >= 0.6 is 0 Å². The summed E-state index contributed by atoms with van der Waals surface area (Å²) in [6, 6.07) is 7.84. The molecule has 0 fully saturated rings. The molecule has 1 aromatic heterocycles. The van der Waals surface area contributed by atoms with Crippen LogP contribution in [0.4, 0.5) is 0 Å². The van der Waals surface area contributed by atoms with Crippen molar-refractivity contribution in [3.05, 3.63) is 30.1 Å². The Labute approximate surface area is 112 Å². The topological polar surface area (TPSA) is 66.0 Å². The molecule has 5 heteroatoms. The first-order chi connectivity index (χ1) is 9.31. The average Bonchev–Trinajstić information content (AvgIpc) is 2.89. The molecule has 1 unspecified atom stereocenters. The van der Waals surface area contributed by atoms with E-state index in [1.807, 2.05) is 28.9 Å². The van der Waals surface area contributed by atoms with Crippen molar-refractivity contribution in [1.82, 2.24) is 14.8 Å². The summed E-state index contributed by atoms with van der Waals surface area (Å²) in [7, 11) is 1.67. The number of hydrogen-bond acceptors (Lipinski definition) is 4. The number of aromatic nitrogens is 3. The van der Waals surface area contributed by atoms with Gasteiger partial charge in [-0.15, -0.1) is 0 Å². The molecule has 1 aliphatic rings. The molecule has 1 aliphatic heterocycles. The normalized spacial score (nSPS) is 18.1. The maximum atomic E-state index is 5.75. The van der Waals surface area contributed by atoms with Gasteiger partial charge in [-0.1, -0.05) is 12.1 Å². The van der Waals surface area contributed by atoms with Gasteiger partial charge < -0.3 is 10.5 Å². The predicted molar refractivity (Wildman–Crippen MR) is 72.9 cm³/mol. The fraction of sp³-hybridized carbons (Fsp3) is 0.429. The van der Waals surface area contributed by atoms with E-state index in [0.29, 0.717) is 5.92 Å². The van der Waals surface area contributed by atoms with Crippen molar-refractivity contribution in [2.24, 2.45) is 11.7 Å². The van der Waals surface area contributed by atoms with E-state index in [2.05, 4.69) is 10.1 Å². The maximum absolute atomic E-state index is 5.75. The number of benzene rings is 1. The highest BCUT2D eigenvalue weighted by molar-refractivity contribution is 5.63. The Morgan fingerprint density at radius 3 is 3.05 bits per heavy atom. The Hall–Kier alpha value is -1.88. The molecule has 0 amide bonds. The van der Waals surface area contributed by atoms with E-state index in [9.17, 15) is 0 Å². The summed E-state index contributed by atoms with van der Waals surface area (Å²) < 4.78 is 7.36. The highest BCUT2D eigenvalue weighted by Gasteiger charge is 2.22. The standard InChI is InChI=1S/C14H18N4O/c1-19-12-5-3-2-4-11(12)14-16-13-8-10(9-15)6-7-18(13)17-14/h2-5,10H,6-9,15H2,1H3. The Bertz CT molecular complexity index is 579. The van der Waals surface area contributed by atoms with Crippen LogP contribution in [0.25, 0.3) is 11.4 Å². The van der Waals surface area contributed by atoms with Crippen molar-refractivity contribution in [2.45, 2.75) is 19.4 Å². The van der Waals surface area contributed by atoms with Crippen molar-refractivity contribution in [3.8, 4) is 17.1 Å². The molecule has 19 heavy (non-hydrogen) atoms. The highest BCUT2D eigenvalue weighted by Crippen LogP contribution is 2.28. The molecule has 2 aromatic rings. The largest absolute Gasteiger partial charge is 0.496 e. The van der Waals surface area contributed by atoms with Crippen molar-refractivity contribution in [3.63, 3.8) is 0 Å². The van der Waals surface area contributed by atoms with Crippen LogP contribution in [0.5, 0.6) is 5.75 Å². The third-order valence-electron chi connectivity index (χ3n) is 3.65. The Morgan fingerprint density at radius 2 is 2.26 bits per heavy atom. The number of hydrogen-bond donors (Lipinski definition) is 1. The molecular weight excluding hydrogens is 240 g/mol. The lowest BCUT2D eigenvalue weighted by Gasteiger charge is -2.19. The monoisotopic (exact) mass is 258 g/mol. The van der Waals surface area contributed by atoms with E-state index in [1.54, 1.807) is 7.11 Å². The van der Waals surface area contributed by atoms with Gasteiger partial charge in [0.2, 0.25) is 0 Å². The number of aryl methyl sites for hydroxylation is 1. The molecule has 0 saturated carbocycles. The fourth-order valence-electron chi connectivity index (χ4n) is 2.51. The van der Waals surface area contributed by atoms with E-state index >= 15 is 0 Å². The maximum Gasteiger partial charge on any atom is 0.185 e. The summed E-state index contributed by atoms with van der Waals surface area (Å²) >= 11 is 0. The third kappa shape index (κ3) is 2.21. The fourth-order valence-corrected chi connectivity index (χ4v) is 2.51. The summed E-state index contributed by atoms with van der Waals surface area (Å²) in [4.78, 5) is 4.64. The molecule has 2 heterocycles. The van der Waals surface area contributed by atoms with Gasteiger partial charge in [-0.3, -0.25) is 0 Å². The molecule has 1 aromatic carbocycles. The lowest BCUT2D eigenvalue weighted by molar-refractivity contribution is 0.369. The minimum atomic E-state index is 0.530. The minimum absolute atomic E-state index is 0.530. The first kappa shape index (κ1) is 12.2. The zero-order chi connectivity index (χ0) is 13.2. The molecular formula is C14H18N4O. The first-order valence-corrected chi connectivity index (χ1v) is 6.59. The molecule has 2 N–H and O–H groups in total. The van der Waals surface area contributed by atoms with Crippen molar-refractivity contribution in [2.75, 3.05) is 13.7 Å². The smallest absolute Gasteiger partial charge is 0.185 e. The lowest BCUT2D eigenvalue weighted by Crippen LogP contribution is -2.25. The molecule has 0 aliphatic carbocycles. The number of nitrogens with zero attached hydrogens (tertiary/aromatic N) is 3. The van der Waals surface area contributed by atoms with Crippen LogP contribution in [-0.4, -0.2) is 28.4 Å². The zero-order valence-corrected chi connectivity index (χ0v) is 11.0. The van der Waals surface area contributed by atoms with Gasteiger partial charge in [0.05, 0.1) is 12.7 Å². The van der Waals surface area contributed by atoms with Crippen molar-refractivity contribution >= 4 is 0 Å². The third-order valence-corrected chi connectivity index (χ3v) is 3.65. The number of methoxy groups -OCH3 is 1. The van der Waals surface area contributed by atoms with E-state index in [4.69, 9.17) is 10.5 Å². The van der Waals surface area contributed by atoms with Crippen LogP contribution < -0.4 is 10.5 Å². The summed E-state index contributed by atoms with van der Waals surface area (Å²) in [5, 5.41) is 4.58. The van der Waals surface area contributed by atoms with Crippen LogP contribution in [-0.2, 0) is 13.0 Å². The van der Waals surface area contributed by atoms with Gasteiger partial charge in [-0.2, -0.15) is 5.10 Å². The van der Waals surface area contributed by atoms with Gasteiger partial charge in [0, 0.05) is 13.0 Å². The number of rotatable bonds is 3. The van der Waals surface area contributed by atoms with E-state index in [-0.39, 0.29) is 0 Å². The van der Waals surface area contributed by atoms with Gasteiger partial charge in [0.25, 0.3) is 0 Å². The summed E-state index contributed by atoms with van der Waals surface area (Å²) in [5.74, 6) is 3.11. The Kier molecular flexibility index (Phi) is 3.21. The summed E-state index contributed by atoms with van der Waals surface area (Å²) in [6.07, 6.45) is 2.00. The highest BCUT2D eigenvalue weighted by atomic mass is 16.5. The van der Waals surface area contributed by atoms with Crippen molar-refractivity contribution in [1.29, 1.82) is 0 Å². The number of fused-ring (bicyclic) bond motifs is 1. The zero-order valence-electron chi connectivity index (χ0n) is 11.0. The molecule has 100 valence electrons. The van der Waals surface area contributed by atoms with Crippen molar-refractivity contribution < 1.29 is 4.74 Å². The van der Waals surface area contributed by atoms with Gasteiger partial charge in [-0.25, -0.2) is 9.67 Å². The number of ether oxygens (including phenoxy) is 1. The van der Waals surface area contributed by atoms with E-state index in [1.165, 1.54) is 0 Å². The number of para-hydroxylation sites is 1. The van der Waals surface area contributed by atoms with Gasteiger partial charge in [0.15, 0.2) is 5.82 Å². The van der Waals surface area contributed by atoms with Crippen LogP contribution in [0.2, 0.25) is 0 Å². The number of nitrogens with two attached hydrogens (primary N) is 1. The second kappa shape index (κ2) is 5.01. The molecule has 0 radical (unpaired) electrons. The van der Waals surface area contributed by atoms with E-state index < -0.39 is 0 Å². The van der Waals surface area contributed by atoms with Gasteiger partial charge in [-0.05, 0) is 31.0 Å². The second-order valence-electron chi connectivity index (χ2n) is 4.87. The SMILES string of the molecule is COc1ccccc1-c1nc2n(n1)CCC(CN)C2. The quantitative estimate of drug-likeness (QED) is 0.905. The molecule has 0 saturated heterocycles. The molecule has 0 spiro atoms. The molecule has 0 bridgehead atoms. The summed E-state index contributed by atoms with van der Waals surface area (Å²) in [5.41, 5.74) is 6.69. The predicted octanol–water partition coefficient (Wildman–Crippen LogP) is 1.47. The average molecular weight is 258 g/mol. The van der Waals surface area contributed by atoms with Gasteiger partial charge in [0.1, 0.15) is 11.6 Å². The van der Waals surface area contributed by atoms with Crippen LogP contribution in [0, 0.1) is 5.92 Å². The Balaban J connectivity index is 1.97. The molecule has 3 rings (SSSR count). The second-order valence-corrected chi connectivity index (χ2v) is 4.87. The van der Waals surface area contributed by atoms with Gasteiger partial charge >= 0.3 is 0 Å². The molecule has 1 atom stereocenters. The Morgan fingerprint density at radius 1 is 1.42 bits per heavy atom. The summed E-state index contributed by atoms with van der Waals surface area (Å²) in [6.45, 7) is 1.62.